The fourth-order valence-corrected chi connectivity index (χ4v) is 8.55. The maximum Gasteiger partial charge on any atom is 0.164 e. The van der Waals surface area contributed by atoms with Crippen LogP contribution in [0.1, 0.15) is 0 Å². The maximum absolute atomic E-state index is 5.07. The van der Waals surface area contributed by atoms with Crippen LogP contribution < -0.4 is 0 Å². The van der Waals surface area contributed by atoms with Crippen LogP contribution in [0.5, 0.6) is 0 Å². The third-order valence-corrected chi connectivity index (χ3v) is 10.7. The third-order valence-electron chi connectivity index (χ3n) is 9.52. The molecule has 2 aromatic heterocycles. The highest BCUT2D eigenvalue weighted by Gasteiger charge is 2.19. The van der Waals surface area contributed by atoms with Crippen LogP contribution in [-0.2, 0) is 0 Å². The molecule has 0 fully saturated rings. The Labute approximate surface area is 286 Å². The summed E-state index contributed by atoms with van der Waals surface area (Å²) in [7, 11) is 0. The van der Waals surface area contributed by atoms with E-state index in [0.717, 1.165) is 22.1 Å². The lowest BCUT2D eigenvalue weighted by molar-refractivity contribution is 1.08. The van der Waals surface area contributed by atoms with Crippen molar-refractivity contribution in [3.63, 3.8) is 0 Å². The minimum absolute atomic E-state index is 0.659. The zero-order valence-corrected chi connectivity index (χ0v) is 27.2. The molecule has 0 amide bonds. The Morgan fingerprint density at radius 1 is 0.327 bits per heavy atom. The van der Waals surface area contributed by atoms with Crippen molar-refractivity contribution in [2.75, 3.05) is 0 Å². The Morgan fingerprint density at radius 3 is 1.63 bits per heavy atom. The summed E-state index contributed by atoms with van der Waals surface area (Å²) in [6.07, 6.45) is 0. The van der Waals surface area contributed by atoms with E-state index >= 15 is 0 Å². The summed E-state index contributed by atoms with van der Waals surface area (Å²) in [6, 6.07) is 57.9. The predicted octanol–water partition coefficient (Wildman–Crippen LogP) is 12.4. The molecular weight excluding hydrogens is 615 g/mol. The fraction of sp³-hybridized carbons (Fsp3) is 0. The van der Waals surface area contributed by atoms with Crippen molar-refractivity contribution in [1.29, 1.82) is 0 Å². The number of hydrogen-bond acceptors (Lipinski definition) is 4. The lowest BCUT2D eigenvalue weighted by Crippen LogP contribution is -2.00. The summed E-state index contributed by atoms with van der Waals surface area (Å²) in [5.74, 6) is 1.98. The van der Waals surface area contributed by atoms with Gasteiger partial charge in [-0.2, -0.15) is 0 Å². The molecule has 4 heteroatoms. The summed E-state index contributed by atoms with van der Waals surface area (Å²) in [5.41, 5.74) is 5.33. The van der Waals surface area contributed by atoms with Gasteiger partial charge in [-0.1, -0.05) is 152 Å². The van der Waals surface area contributed by atoms with Crippen molar-refractivity contribution in [2.24, 2.45) is 0 Å². The molecule has 2 heterocycles. The number of nitrogens with zero attached hydrogens (tertiary/aromatic N) is 3. The second kappa shape index (κ2) is 11.2. The first-order chi connectivity index (χ1) is 24.3. The topological polar surface area (TPSA) is 38.7 Å². The first kappa shape index (κ1) is 27.8. The van der Waals surface area contributed by atoms with E-state index in [-0.39, 0.29) is 0 Å². The van der Waals surface area contributed by atoms with E-state index in [1.165, 1.54) is 58.2 Å². The molecule has 0 bridgehead atoms. The lowest BCUT2D eigenvalue weighted by Gasteiger charge is -2.14. The van der Waals surface area contributed by atoms with Crippen LogP contribution in [0.4, 0.5) is 0 Å². The van der Waals surface area contributed by atoms with Crippen LogP contribution >= 0.6 is 11.3 Å². The van der Waals surface area contributed by atoms with Crippen LogP contribution in [0.15, 0.2) is 164 Å². The van der Waals surface area contributed by atoms with E-state index < -0.39 is 0 Å². The molecule has 0 aliphatic carbocycles. The average molecular weight is 642 g/mol. The number of hydrogen-bond donors (Lipinski definition) is 0. The normalized spacial score (nSPS) is 11.7. The van der Waals surface area contributed by atoms with Crippen LogP contribution in [0, 0.1) is 0 Å². The van der Waals surface area contributed by atoms with Crippen LogP contribution in [0.25, 0.3) is 97.8 Å². The highest BCUT2D eigenvalue weighted by molar-refractivity contribution is 7.27. The number of benzene rings is 8. The highest BCUT2D eigenvalue weighted by Crippen LogP contribution is 2.46. The van der Waals surface area contributed by atoms with Crippen molar-refractivity contribution < 1.29 is 0 Å². The second-order valence-corrected chi connectivity index (χ2v) is 13.4. The quantitative estimate of drug-likeness (QED) is 0.180. The van der Waals surface area contributed by atoms with Gasteiger partial charge in [0.15, 0.2) is 17.5 Å². The molecular formula is C45H27N3S. The van der Waals surface area contributed by atoms with Crippen molar-refractivity contribution >= 4 is 63.8 Å². The van der Waals surface area contributed by atoms with Gasteiger partial charge in [0.1, 0.15) is 0 Å². The Hall–Kier alpha value is -6.23. The second-order valence-electron chi connectivity index (χ2n) is 12.4. The average Bonchev–Trinajstić information content (AvgIpc) is 3.57. The molecule has 0 N–H and O–H groups in total. The van der Waals surface area contributed by atoms with E-state index in [0.29, 0.717) is 17.5 Å². The number of rotatable bonds is 4. The Bertz CT molecular complexity index is 2820. The van der Waals surface area contributed by atoms with E-state index in [1.54, 1.807) is 0 Å². The van der Waals surface area contributed by atoms with E-state index in [2.05, 4.69) is 103 Å². The number of aromatic nitrogens is 3. The molecule has 3 nitrogen and oxygen atoms in total. The van der Waals surface area contributed by atoms with Crippen LogP contribution in [-0.4, -0.2) is 15.0 Å². The summed E-state index contributed by atoms with van der Waals surface area (Å²) >= 11 is 1.89. The van der Waals surface area contributed by atoms with Crippen molar-refractivity contribution in [3.05, 3.63) is 164 Å². The largest absolute Gasteiger partial charge is 0.208 e. The molecule has 0 aliphatic heterocycles. The van der Waals surface area contributed by atoms with Crippen LogP contribution in [0.2, 0.25) is 0 Å². The van der Waals surface area contributed by atoms with E-state index in [4.69, 9.17) is 15.0 Å². The van der Waals surface area contributed by atoms with Gasteiger partial charge in [-0.05, 0) is 50.2 Å². The zero-order chi connectivity index (χ0) is 32.3. The summed E-state index contributed by atoms with van der Waals surface area (Å²) in [4.78, 5) is 15.1. The van der Waals surface area contributed by atoms with Crippen LogP contribution in [0.3, 0.4) is 0 Å². The number of fused-ring (bicyclic) bond motifs is 8. The molecule has 228 valence electrons. The maximum atomic E-state index is 5.07. The molecule has 0 saturated heterocycles. The van der Waals surface area contributed by atoms with E-state index in [9.17, 15) is 0 Å². The van der Waals surface area contributed by atoms with Gasteiger partial charge in [0.05, 0.1) is 0 Å². The summed E-state index contributed by atoms with van der Waals surface area (Å²) in [6.45, 7) is 0. The zero-order valence-electron chi connectivity index (χ0n) is 26.3. The van der Waals surface area contributed by atoms with Gasteiger partial charge in [-0.15, -0.1) is 11.3 Å². The molecule has 0 saturated carbocycles. The minimum Gasteiger partial charge on any atom is -0.208 e. The van der Waals surface area contributed by atoms with Gasteiger partial charge >= 0.3 is 0 Å². The summed E-state index contributed by atoms with van der Waals surface area (Å²) in [5, 5.41) is 10.1. The fourth-order valence-electron chi connectivity index (χ4n) is 7.25. The lowest BCUT2D eigenvalue weighted by atomic mass is 9.91. The van der Waals surface area contributed by atoms with Gasteiger partial charge in [0.25, 0.3) is 0 Å². The molecule has 0 radical (unpaired) electrons. The van der Waals surface area contributed by atoms with Gasteiger partial charge in [0.2, 0.25) is 0 Å². The summed E-state index contributed by atoms with van der Waals surface area (Å²) < 4.78 is 2.63. The van der Waals surface area contributed by atoms with Crippen molar-refractivity contribution in [3.8, 4) is 45.3 Å². The molecule has 10 aromatic rings. The van der Waals surface area contributed by atoms with E-state index in [1.807, 2.05) is 72.0 Å². The smallest absolute Gasteiger partial charge is 0.164 e. The van der Waals surface area contributed by atoms with Gasteiger partial charge in [-0.3, -0.25) is 0 Å². The Kier molecular flexibility index (Phi) is 6.36. The Balaban J connectivity index is 1.21. The van der Waals surface area contributed by atoms with Crippen molar-refractivity contribution in [1.82, 2.24) is 15.0 Å². The Morgan fingerprint density at radius 2 is 0.898 bits per heavy atom. The van der Waals surface area contributed by atoms with Gasteiger partial charge < -0.3 is 0 Å². The van der Waals surface area contributed by atoms with Crippen molar-refractivity contribution in [2.45, 2.75) is 0 Å². The molecule has 8 aromatic carbocycles. The minimum atomic E-state index is 0.659. The standard InChI is InChI=1S/C45H27N3S/c1-3-13-30(14-4-1)43-46-44(31-15-5-2-6-16-31)48-45(47-43)37-27-26-35(33-18-9-10-19-34(33)37)36-20-11-21-39-41(36)38-25-24-29-23-22-28-12-7-8-17-32(28)40(29)42(38)49-39/h1-27H. The highest BCUT2D eigenvalue weighted by atomic mass is 32.1. The first-order valence-electron chi connectivity index (χ1n) is 16.5. The van der Waals surface area contributed by atoms with Gasteiger partial charge in [-0.25, -0.2) is 15.0 Å². The molecule has 49 heavy (non-hydrogen) atoms. The molecule has 10 rings (SSSR count). The SMILES string of the molecule is c1ccc(-c2nc(-c3ccccc3)nc(-c3ccc(-c4cccc5sc6c(ccc7ccc8ccccc8c76)c45)c4ccccc34)n2)cc1. The predicted molar refractivity (Wildman–Crippen MR) is 207 cm³/mol. The number of thiophene rings is 1. The molecule has 0 aliphatic rings. The molecule has 0 unspecified atom stereocenters. The third kappa shape index (κ3) is 4.53. The molecule has 0 atom stereocenters. The first-order valence-corrected chi connectivity index (χ1v) is 17.3. The van der Waals surface area contributed by atoms with Gasteiger partial charge in [0, 0.05) is 42.2 Å². The monoisotopic (exact) mass is 641 g/mol. The molecule has 0 spiro atoms.